The molecule has 1 aromatic carbocycles. The predicted octanol–water partition coefficient (Wildman–Crippen LogP) is 4.18. The fourth-order valence-electron chi connectivity index (χ4n) is 1.39. The third-order valence-corrected chi connectivity index (χ3v) is 2.46. The molecule has 0 aromatic heterocycles. The van der Waals surface area contributed by atoms with Crippen molar-refractivity contribution < 1.29 is 4.79 Å². The summed E-state index contributed by atoms with van der Waals surface area (Å²) < 4.78 is 0. The lowest BCUT2D eigenvalue weighted by Crippen LogP contribution is -2.07. The van der Waals surface area contributed by atoms with Crippen molar-refractivity contribution in [3.8, 4) is 0 Å². The minimum atomic E-state index is -0.155. The molecule has 98 valence electrons. The van der Waals surface area contributed by atoms with Crippen LogP contribution in [0.1, 0.15) is 12.5 Å². The molecule has 2 heteroatoms. The van der Waals surface area contributed by atoms with Gasteiger partial charge in [-0.2, -0.15) is 0 Å². The van der Waals surface area contributed by atoms with Crippen molar-refractivity contribution in [3.05, 3.63) is 78.4 Å². The van der Waals surface area contributed by atoms with E-state index in [1.165, 1.54) is 6.08 Å². The predicted molar refractivity (Wildman–Crippen MR) is 82.0 cm³/mol. The van der Waals surface area contributed by atoms with Crippen LogP contribution < -0.4 is 5.32 Å². The summed E-state index contributed by atoms with van der Waals surface area (Å²) in [7, 11) is 0. The summed E-state index contributed by atoms with van der Waals surface area (Å²) in [6.45, 7) is 7.64. The molecule has 19 heavy (non-hydrogen) atoms. The number of hydrogen-bond acceptors (Lipinski definition) is 1. The Kier molecular flexibility index (Phi) is 6.10. The van der Waals surface area contributed by atoms with Crippen molar-refractivity contribution in [2.75, 3.05) is 5.32 Å². The van der Waals surface area contributed by atoms with Gasteiger partial charge < -0.3 is 5.32 Å². The average Bonchev–Trinajstić information content (AvgIpc) is 2.42. The Labute approximate surface area is 114 Å². The van der Waals surface area contributed by atoms with E-state index in [1.807, 2.05) is 56.3 Å². The number of anilines is 1. The van der Waals surface area contributed by atoms with Crippen molar-refractivity contribution in [3.63, 3.8) is 0 Å². The van der Waals surface area contributed by atoms with Crippen LogP contribution >= 0.6 is 0 Å². The molecule has 2 nitrogen and oxygen atoms in total. The topological polar surface area (TPSA) is 29.1 Å². The summed E-state index contributed by atoms with van der Waals surface area (Å²) in [5.41, 5.74) is 2.84. The lowest BCUT2D eigenvalue weighted by molar-refractivity contribution is -0.111. The molecule has 0 fully saturated rings. The third-order valence-electron chi connectivity index (χ3n) is 2.46. The maximum atomic E-state index is 11.7. The monoisotopic (exact) mass is 253 g/mol. The average molecular weight is 253 g/mol. The van der Waals surface area contributed by atoms with Crippen LogP contribution in [-0.4, -0.2) is 5.91 Å². The van der Waals surface area contributed by atoms with E-state index >= 15 is 0 Å². The van der Waals surface area contributed by atoms with Crippen LogP contribution in [-0.2, 0) is 4.79 Å². The van der Waals surface area contributed by atoms with E-state index in [9.17, 15) is 4.79 Å². The van der Waals surface area contributed by atoms with Gasteiger partial charge in [-0.25, -0.2) is 0 Å². The molecule has 0 unspecified atom stereocenters. The van der Waals surface area contributed by atoms with E-state index in [2.05, 4.69) is 11.9 Å². The van der Waals surface area contributed by atoms with E-state index in [-0.39, 0.29) is 5.91 Å². The zero-order valence-corrected chi connectivity index (χ0v) is 11.4. The molecule has 0 saturated heterocycles. The van der Waals surface area contributed by atoms with E-state index in [4.69, 9.17) is 0 Å². The zero-order chi connectivity index (χ0) is 14.1. The molecule has 0 saturated carbocycles. The van der Waals surface area contributed by atoms with Crippen molar-refractivity contribution in [2.45, 2.75) is 13.8 Å². The van der Waals surface area contributed by atoms with Crippen molar-refractivity contribution in [1.29, 1.82) is 0 Å². The number of rotatable bonds is 5. The Morgan fingerprint density at radius 3 is 2.47 bits per heavy atom. The number of carbonyl (C=O) groups is 1. The Bertz CT molecular complexity index is 519. The number of carbonyl (C=O) groups excluding carboxylic acids is 1. The first kappa shape index (κ1) is 14.7. The fourth-order valence-corrected chi connectivity index (χ4v) is 1.39. The Morgan fingerprint density at radius 1 is 1.21 bits per heavy atom. The molecule has 1 aromatic rings. The lowest BCUT2D eigenvalue weighted by Gasteiger charge is -2.02. The molecule has 0 atom stereocenters. The molecule has 0 aliphatic heterocycles. The summed E-state index contributed by atoms with van der Waals surface area (Å²) >= 11 is 0. The first-order valence-electron chi connectivity index (χ1n) is 6.17. The summed E-state index contributed by atoms with van der Waals surface area (Å²) in [5.74, 6) is -0.155. The van der Waals surface area contributed by atoms with Gasteiger partial charge in [0.1, 0.15) is 0 Å². The van der Waals surface area contributed by atoms with Gasteiger partial charge in [0.15, 0.2) is 0 Å². The van der Waals surface area contributed by atoms with Crippen LogP contribution in [0.15, 0.2) is 72.9 Å². The number of allylic oxidation sites excluding steroid dienone is 6. The normalized spacial score (nSPS) is 12.0. The summed E-state index contributed by atoms with van der Waals surface area (Å²) in [5, 5.41) is 2.80. The quantitative estimate of drug-likeness (QED) is 0.619. The number of benzene rings is 1. The van der Waals surface area contributed by atoms with Gasteiger partial charge in [-0.1, -0.05) is 48.6 Å². The van der Waals surface area contributed by atoms with Gasteiger partial charge in [0.25, 0.3) is 0 Å². The first-order chi connectivity index (χ1) is 9.15. The minimum absolute atomic E-state index is 0.155. The summed E-state index contributed by atoms with van der Waals surface area (Å²) in [4.78, 5) is 11.7. The molecule has 0 heterocycles. The highest BCUT2D eigenvalue weighted by molar-refractivity contribution is 5.99. The molecule has 1 N–H and O–H groups in total. The standard InChI is InChI=1S/C17H19NO/c1-4-6-7-15(5-2)10-13-17(19)18-16-11-8-14(3)9-12-16/h4-13H,2H2,1,3H3,(H,18,19)/b6-4-,13-10+,15-7+. The maximum Gasteiger partial charge on any atom is 0.248 e. The first-order valence-corrected chi connectivity index (χ1v) is 6.17. The molecule has 1 amide bonds. The van der Waals surface area contributed by atoms with Gasteiger partial charge >= 0.3 is 0 Å². The van der Waals surface area contributed by atoms with Gasteiger partial charge in [-0.05, 0) is 37.6 Å². The summed E-state index contributed by atoms with van der Waals surface area (Å²) in [6.07, 6.45) is 10.6. The van der Waals surface area contributed by atoms with Crippen LogP contribution in [0.4, 0.5) is 5.69 Å². The van der Waals surface area contributed by atoms with E-state index in [0.29, 0.717) is 0 Å². The molecule has 0 spiro atoms. The van der Waals surface area contributed by atoms with E-state index in [0.717, 1.165) is 16.8 Å². The second-order valence-corrected chi connectivity index (χ2v) is 4.09. The van der Waals surface area contributed by atoms with Crippen molar-refractivity contribution in [1.82, 2.24) is 0 Å². The van der Waals surface area contributed by atoms with Gasteiger partial charge in [0.2, 0.25) is 5.91 Å². The maximum absolute atomic E-state index is 11.7. The molecular weight excluding hydrogens is 234 g/mol. The minimum Gasteiger partial charge on any atom is -0.323 e. The molecule has 0 bridgehead atoms. The number of amides is 1. The van der Waals surface area contributed by atoms with Crippen molar-refractivity contribution >= 4 is 11.6 Å². The van der Waals surface area contributed by atoms with Gasteiger partial charge in [-0.15, -0.1) is 0 Å². The molecule has 0 radical (unpaired) electrons. The molecule has 0 aliphatic rings. The molecule has 1 rings (SSSR count). The summed E-state index contributed by atoms with van der Waals surface area (Å²) in [6, 6.07) is 7.68. The fraction of sp³-hybridized carbons (Fsp3) is 0.118. The van der Waals surface area contributed by atoms with E-state index in [1.54, 1.807) is 12.2 Å². The second kappa shape index (κ2) is 7.88. The highest BCUT2D eigenvalue weighted by atomic mass is 16.1. The molecular formula is C17H19NO. The van der Waals surface area contributed by atoms with Gasteiger partial charge in [0, 0.05) is 11.8 Å². The van der Waals surface area contributed by atoms with Gasteiger partial charge in [-0.3, -0.25) is 4.79 Å². The number of nitrogens with one attached hydrogen (secondary N) is 1. The Balaban J connectivity index is 2.64. The van der Waals surface area contributed by atoms with E-state index < -0.39 is 0 Å². The van der Waals surface area contributed by atoms with Crippen LogP contribution in [0.25, 0.3) is 0 Å². The highest BCUT2D eigenvalue weighted by Gasteiger charge is 1.96. The smallest absolute Gasteiger partial charge is 0.248 e. The second-order valence-electron chi connectivity index (χ2n) is 4.09. The SMILES string of the molecule is C=CC(/C=C/C(=O)Nc1ccc(C)cc1)=C\C=C/C. The lowest BCUT2D eigenvalue weighted by atomic mass is 10.2. The number of aryl methyl sites for hydroxylation is 1. The van der Waals surface area contributed by atoms with Crippen LogP contribution in [0.2, 0.25) is 0 Å². The van der Waals surface area contributed by atoms with Crippen LogP contribution in [0, 0.1) is 6.92 Å². The van der Waals surface area contributed by atoms with Crippen LogP contribution in [0.3, 0.4) is 0 Å². The third kappa shape index (κ3) is 5.68. The largest absolute Gasteiger partial charge is 0.323 e. The van der Waals surface area contributed by atoms with Crippen LogP contribution in [0.5, 0.6) is 0 Å². The number of hydrogen-bond donors (Lipinski definition) is 1. The van der Waals surface area contributed by atoms with Crippen molar-refractivity contribution in [2.24, 2.45) is 0 Å². The Hall–Kier alpha value is -2.35. The molecule has 0 aliphatic carbocycles. The zero-order valence-electron chi connectivity index (χ0n) is 11.4. The Morgan fingerprint density at radius 2 is 1.89 bits per heavy atom. The highest BCUT2D eigenvalue weighted by Crippen LogP contribution is 2.08. The van der Waals surface area contributed by atoms with Gasteiger partial charge in [0.05, 0.1) is 0 Å².